The zero-order chi connectivity index (χ0) is 19.6. The fourth-order valence-electron chi connectivity index (χ4n) is 3.69. The zero-order valence-corrected chi connectivity index (χ0v) is 15.9. The van der Waals surface area contributed by atoms with Crippen molar-refractivity contribution in [1.29, 1.82) is 5.26 Å². The summed E-state index contributed by atoms with van der Waals surface area (Å²) in [6.07, 6.45) is 0.855. The summed E-state index contributed by atoms with van der Waals surface area (Å²) in [5.41, 5.74) is 0.888. The van der Waals surface area contributed by atoms with Gasteiger partial charge in [-0.25, -0.2) is 9.59 Å². The van der Waals surface area contributed by atoms with Crippen molar-refractivity contribution < 1.29 is 19.1 Å². The van der Waals surface area contributed by atoms with Crippen molar-refractivity contribution in [3.63, 3.8) is 0 Å². The maximum absolute atomic E-state index is 12.3. The summed E-state index contributed by atoms with van der Waals surface area (Å²) in [6.45, 7) is 6.32. The standard InChI is InChI=1S/C20H25N3O4/c1-20(2,3)27-19(25)23-11-15-8-16(23)9-17(15)22-18(24)26-12-14-6-4-13(10-21)5-7-14/h4-7,15-17H,8-9,11-12H2,1-3H3,(H,22,24). The molecule has 1 aromatic rings. The van der Waals surface area contributed by atoms with E-state index in [4.69, 9.17) is 14.7 Å². The Bertz CT molecular complexity index is 748. The number of carbonyl (C=O) groups excluding carboxylic acids is 2. The number of nitriles is 1. The van der Waals surface area contributed by atoms with Crippen LogP contribution in [0.5, 0.6) is 0 Å². The van der Waals surface area contributed by atoms with Crippen molar-refractivity contribution in [3.05, 3.63) is 35.4 Å². The lowest BCUT2D eigenvalue weighted by molar-refractivity contribution is 0.0175. The van der Waals surface area contributed by atoms with E-state index in [0.717, 1.165) is 18.4 Å². The molecule has 1 aliphatic carbocycles. The number of ether oxygens (including phenoxy) is 2. The second kappa shape index (κ2) is 7.47. The van der Waals surface area contributed by atoms with Crippen molar-refractivity contribution in [2.75, 3.05) is 6.54 Å². The van der Waals surface area contributed by atoms with Gasteiger partial charge in [0.05, 0.1) is 11.6 Å². The Labute approximate surface area is 159 Å². The first-order valence-corrected chi connectivity index (χ1v) is 9.17. The molecule has 3 unspecified atom stereocenters. The van der Waals surface area contributed by atoms with Crippen molar-refractivity contribution in [2.45, 2.75) is 57.9 Å². The number of nitrogens with zero attached hydrogens (tertiary/aromatic N) is 2. The average Bonchev–Trinajstić information content (AvgIpc) is 3.19. The van der Waals surface area contributed by atoms with Gasteiger partial charge in [0.25, 0.3) is 0 Å². The summed E-state index contributed by atoms with van der Waals surface area (Å²) in [4.78, 5) is 26.1. The van der Waals surface area contributed by atoms with Gasteiger partial charge in [0, 0.05) is 18.6 Å². The fourth-order valence-corrected chi connectivity index (χ4v) is 3.69. The van der Waals surface area contributed by atoms with Crippen LogP contribution in [-0.4, -0.2) is 41.3 Å². The van der Waals surface area contributed by atoms with Crippen LogP contribution in [0.2, 0.25) is 0 Å². The van der Waals surface area contributed by atoms with Gasteiger partial charge < -0.3 is 19.7 Å². The lowest BCUT2D eigenvalue weighted by Crippen LogP contribution is -2.48. The van der Waals surface area contributed by atoms with Gasteiger partial charge in [-0.15, -0.1) is 0 Å². The Morgan fingerprint density at radius 1 is 1.26 bits per heavy atom. The van der Waals surface area contributed by atoms with Gasteiger partial charge in [0.2, 0.25) is 0 Å². The summed E-state index contributed by atoms with van der Waals surface area (Å²) >= 11 is 0. The summed E-state index contributed by atoms with van der Waals surface area (Å²) in [5, 5.41) is 11.7. The molecule has 1 heterocycles. The van der Waals surface area contributed by atoms with E-state index in [1.165, 1.54) is 0 Å². The quantitative estimate of drug-likeness (QED) is 0.881. The van der Waals surface area contributed by atoms with Crippen molar-refractivity contribution in [1.82, 2.24) is 10.2 Å². The first kappa shape index (κ1) is 19.0. The average molecular weight is 371 g/mol. The third-order valence-corrected chi connectivity index (χ3v) is 4.93. The number of amides is 2. The molecule has 1 saturated carbocycles. The number of fused-ring (bicyclic) bond motifs is 2. The van der Waals surface area contributed by atoms with Gasteiger partial charge >= 0.3 is 12.2 Å². The highest BCUT2D eigenvalue weighted by molar-refractivity contribution is 5.70. The molecular formula is C20H25N3O4. The maximum atomic E-state index is 12.3. The molecule has 1 saturated heterocycles. The Hall–Kier alpha value is -2.75. The van der Waals surface area contributed by atoms with Crippen molar-refractivity contribution >= 4 is 12.2 Å². The molecule has 144 valence electrons. The number of likely N-dealkylation sites (tertiary alicyclic amines) is 1. The second-order valence-corrected chi connectivity index (χ2v) is 8.15. The minimum absolute atomic E-state index is 0.0159. The fraction of sp³-hybridized carbons (Fsp3) is 0.550. The summed E-state index contributed by atoms with van der Waals surface area (Å²) in [6, 6.07) is 9.09. The third-order valence-electron chi connectivity index (χ3n) is 4.93. The molecule has 0 radical (unpaired) electrons. The van der Waals surface area contributed by atoms with E-state index in [9.17, 15) is 9.59 Å². The zero-order valence-electron chi connectivity index (χ0n) is 15.9. The van der Waals surface area contributed by atoms with E-state index in [-0.39, 0.29) is 30.7 Å². The molecule has 0 aromatic heterocycles. The normalized spacial score (nSPS) is 23.6. The van der Waals surface area contributed by atoms with Crippen LogP contribution in [0, 0.1) is 17.2 Å². The molecule has 1 aliphatic heterocycles. The van der Waals surface area contributed by atoms with E-state index in [1.807, 2.05) is 26.8 Å². The van der Waals surface area contributed by atoms with E-state index in [2.05, 4.69) is 5.32 Å². The molecule has 2 aliphatic rings. The molecule has 7 heteroatoms. The predicted molar refractivity (Wildman–Crippen MR) is 97.7 cm³/mol. The molecular weight excluding hydrogens is 346 g/mol. The highest BCUT2D eigenvalue weighted by Crippen LogP contribution is 2.38. The minimum Gasteiger partial charge on any atom is -0.445 e. The monoisotopic (exact) mass is 371 g/mol. The van der Waals surface area contributed by atoms with E-state index < -0.39 is 11.7 Å². The number of carbonyl (C=O) groups is 2. The number of piperidine rings is 1. The van der Waals surface area contributed by atoms with Crippen LogP contribution in [0.1, 0.15) is 44.7 Å². The van der Waals surface area contributed by atoms with E-state index in [0.29, 0.717) is 12.1 Å². The number of alkyl carbamates (subject to hydrolysis) is 1. The Kier molecular flexibility index (Phi) is 5.26. The molecule has 0 spiro atoms. The van der Waals surface area contributed by atoms with Crippen LogP contribution in [0.3, 0.4) is 0 Å². The Morgan fingerprint density at radius 2 is 1.96 bits per heavy atom. The topological polar surface area (TPSA) is 91.7 Å². The van der Waals surface area contributed by atoms with Gasteiger partial charge in [-0.2, -0.15) is 5.26 Å². The molecule has 3 rings (SSSR count). The number of rotatable bonds is 3. The van der Waals surface area contributed by atoms with Crippen LogP contribution in [-0.2, 0) is 16.1 Å². The Morgan fingerprint density at radius 3 is 2.52 bits per heavy atom. The van der Waals surface area contributed by atoms with Gasteiger partial charge in [0.15, 0.2) is 0 Å². The van der Waals surface area contributed by atoms with Gasteiger partial charge in [-0.3, -0.25) is 0 Å². The van der Waals surface area contributed by atoms with Gasteiger partial charge in [-0.05, 0) is 57.2 Å². The minimum atomic E-state index is -0.508. The maximum Gasteiger partial charge on any atom is 0.410 e. The third kappa shape index (κ3) is 4.70. The van der Waals surface area contributed by atoms with Crippen LogP contribution in [0.25, 0.3) is 0 Å². The van der Waals surface area contributed by atoms with Crippen LogP contribution >= 0.6 is 0 Å². The second-order valence-electron chi connectivity index (χ2n) is 8.15. The lowest BCUT2D eigenvalue weighted by Gasteiger charge is -2.33. The summed E-state index contributed by atoms with van der Waals surface area (Å²) in [7, 11) is 0. The van der Waals surface area contributed by atoms with E-state index in [1.54, 1.807) is 29.2 Å². The van der Waals surface area contributed by atoms with Crippen molar-refractivity contribution in [3.8, 4) is 6.07 Å². The lowest BCUT2D eigenvalue weighted by atomic mass is 10.0. The highest BCUT2D eigenvalue weighted by Gasteiger charge is 2.48. The van der Waals surface area contributed by atoms with Crippen LogP contribution in [0.4, 0.5) is 9.59 Å². The van der Waals surface area contributed by atoms with Gasteiger partial charge in [-0.1, -0.05) is 12.1 Å². The first-order chi connectivity index (χ1) is 12.7. The van der Waals surface area contributed by atoms with E-state index >= 15 is 0 Å². The molecule has 1 N–H and O–H groups in total. The molecule has 1 aromatic carbocycles. The molecule has 2 amide bonds. The molecule has 3 atom stereocenters. The highest BCUT2D eigenvalue weighted by atomic mass is 16.6. The molecule has 2 fully saturated rings. The van der Waals surface area contributed by atoms with Crippen LogP contribution in [0.15, 0.2) is 24.3 Å². The Balaban J connectivity index is 1.44. The largest absolute Gasteiger partial charge is 0.445 e. The van der Waals surface area contributed by atoms with Gasteiger partial charge in [0.1, 0.15) is 12.2 Å². The number of benzene rings is 1. The predicted octanol–water partition coefficient (Wildman–Crippen LogP) is 3.18. The summed E-state index contributed by atoms with van der Waals surface area (Å²) < 4.78 is 10.7. The number of hydrogen-bond donors (Lipinski definition) is 1. The summed E-state index contributed by atoms with van der Waals surface area (Å²) in [5.74, 6) is 0.227. The molecule has 2 bridgehead atoms. The number of nitrogens with one attached hydrogen (secondary N) is 1. The smallest absolute Gasteiger partial charge is 0.410 e. The first-order valence-electron chi connectivity index (χ1n) is 9.17. The molecule has 7 nitrogen and oxygen atoms in total. The van der Waals surface area contributed by atoms with Crippen molar-refractivity contribution in [2.24, 2.45) is 5.92 Å². The number of hydrogen-bond acceptors (Lipinski definition) is 5. The molecule has 27 heavy (non-hydrogen) atoms. The SMILES string of the molecule is CC(C)(C)OC(=O)N1CC2CC1CC2NC(=O)OCc1ccc(C#N)cc1. The van der Waals surface area contributed by atoms with Crippen LogP contribution < -0.4 is 5.32 Å².